The summed E-state index contributed by atoms with van der Waals surface area (Å²) < 4.78 is 23.0. The zero-order chi connectivity index (χ0) is 32.8. The van der Waals surface area contributed by atoms with Crippen LogP contribution in [0.3, 0.4) is 0 Å². The van der Waals surface area contributed by atoms with E-state index in [-0.39, 0.29) is 16.5 Å². The Morgan fingerprint density at radius 3 is 2.26 bits per heavy atom. The molecule has 0 spiro atoms. The molecule has 1 amide bonds. The average molecular weight is 682 g/mol. The summed E-state index contributed by atoms with van der Waals surface area (Å²) in [5, 5.41) is 21.0. The molecule has 46 heavy (non-hydrogen) atoms. The standard InChI is InChI=1S/C33H32ClN3O7S2/c1-5-6-15-44-23-13-9-20(10-14-23)28(38)26-27(21-16-24(41-2)30(43-4)25(17-21)42-3)37(31(40)29(26)39)32-35-36-33(46-32)45-18-19-7-11-22(34)12-8-19/h7-14,16-17,27,38H,5-6,15,18H2,1-4H3/t27-/m1/s1. The van der Waals surface area contributed by atoms with Crippen LogP contribution in [0.25, 0.3) is 5.76 Å². The highest BCUT2D eigenvalue weighted by atomic mass is 35.5. The molecule has 0 aliphatic carbocycles. The second kappa shape index (κ2) is 14.9. The Morgan fingerprint density at radius 1 is 0.978 bits per heavy atom. The fourth-order valence-corrected chi connectivity index (χ4v) is 6.84. The maximum atomic E-state index is 13.7. The molecule has 1 atom stereocenters. The van der Waals surface area contributed by atoms with Gasteiger partial charge in [0.05, 0.1) is 39.6 Å². The summed E-state index contributed by atoms with van der Waals surface area (Å²) in [4.78, 5) is 28.7. The lowest BCUT2D eigenvalue weighted by Gasteiger charge is -2.24. The van der Waals surface area contributed by atoms with Gasteiger partial charge in [0.15, 0.2) is 15.8 Å². The Labute approximate surface area is 279 Å². The molecule has 2 heterocycles. The van der Waals surface area contributed by atoms with Crippen LogP contribution in [-0.2, 0) is 15.3 Å². The third-order valence-electron chi connectivity index (χ3n) is 7.22. The van der Waals surface area contributed by atoms with Crippen LogP contribution in [0.5, 0.6) is 23.0 Å². The van der Waals surface area contributed by atoms with Crippen molar-refractivity contribution in [2.24, 2.45) is 0 Å². The van der Waals surface area contributed by atoms with Crippen LogP contribution in [0.4, 0.5) is 5.13 Å². The number of anilines is 1. The van der Waals surface area contributed by atoms with E-state index < -0.39 is 17.7 Å². The van der Waals surface area contributed by atoms with Crippen LogP contribution >= 0.6 is 34.7 Å². The summed E-state index contributed by atoms with van der Waals surface area (Å²) in [6, 6.07) is 16.4. The van der Waals surface area contributed by atoms with Gasteiger partial charge in [0, 0.05) is 16.3 Å². The number of aliphatic hydroxyl groups excluding tert-OH is 1. The molecule has 10 nitrogen and oxygen atoms in total. The molecule has 240 valence electrons. The summed E-state index contributed by atoms with van der Waals surface area (Å²) in [6.07, 6.45) is 1.91. The number of hydrogen-bond donors (Lipinski definition) is 1. The van der Waals surface area contributed by atoms with Gasteiger partial charge in [-0.15, -0.1) is 10.2 Å². The Hall–Kier alpha value is -4.26. The lowest BCUT2D eigenvalue weighted by atomic mass is 9.94. The first-order chi connectivity index (χ1) is 22.3. The molecular weight excluding hydrogens is 650 g/mol. The van der Waals surface area contributed by atoms with Gasteiger partial charge in [0.2, 0.25) is 10.9 Å². The van der Waals surface area contributed by atoms with Gasteiger partial charge in [0.25, 0.3) is 5.78 Å². The number of aromatic nitrogens is 2. The molecular formula is C33H32ClN3O7S2. The molecule has 0 radical (unpaired) electrons. The topological polar surface area (TPSA) is 120 Å². The first-order valence-corrected chi connectivity index (χ1v) is 16.5. The summed E-state index contributed by atoms with van der Waals surface area (Å²) in [6.45, 7) is 2.64. The van der Waals surface area contributed by atoms with Gasteiger partial charge in [-0.25, -0.2) is 0 Å². The first kappa shape index (κ1) is 33.1. The summed E-state index contributed by atoms with van der Waals surface area (Å²) in [5.41, 5.74) is 1.69. The van der Waals surface area contributed by atoms with Crippen molar-refractivity contribution >= 4 is 57.3 Å². The molecule has 5 rings (SSSR count). The van der Waals surface area contributed by atoms with E-state index in [1.807, 2.05) is 24.3 Å². The van der Waals surface area contributed by atoms with Crippen molar-refractivity contribution < 1.29 is 33.6 Å². The largest absolute Gasteiger partial charge is 0.507 e. The lowest BCUT2D eigenvalue weighted by molar-refractivity contribution is -0.132. The molecule has 4 aromatic rings. The zero-order valence-electron chi connectivity index (χ0n) is 25.6. The third kappa shape index (κ3) is 6.93. The van der Waals surface area contributed by atoms with E-state index in [2.05, 4.69) is 17.1 Å². The maximum Gasteiger partial charge on any atom is 0.301 e. The van der Waals surface area contributed by atoms with Crippen LogP contribution in [0.1, 0.15) is 42.5 Å². The molecule has 1 fully saturated rings. The van der Waals surface area contributed by atoms with Crippen molar-refractivity contribution in [3.05, 3.63) is 87.9 Å². The SMILES string of the molecule is CCCCOc1ccc(C(O)=C2C(=O)C(=O)N(c3nnc(SCc4ccc(Cl)cc4)s3)[C@@H]2c2cc(OC)c(OC)c(OC)c2)cc1. The number of thioether (sulfide) groups is 1. The molecule has 1 aromatic heterocycles. The van der Waals surface area contributed by atoms with E-state index >= 15 is 0 Å². The molecule has 0 bridgehead atoms. The number of ether oxygens (including phenoxy) is 4. The molecule has 0 saturated carbocycles. The highest BCUT2D eigenvalue weighted by molar-refractivity contribution is 8.00. The van der Waals surface area contributed by atoms with Crippen LogP contribution in [-0.4, -0.2) is 54.9 Å². The minimum absolute atomic E-state index is 0.121. The Bertz CT molecular complexity index is 1720. The van der Waals surface area contributed by atoms with Gasteiger partial charge in [-0.2, -0.15) is 0 Å². The Balaban J connectivity index is 1.57. The molecule has 1 N–H and O–H groups in total. The molecule has 1 aliphatic rings. The maximum absolute atomic E-state index is 13.7. The number of nitrogens with zero attached hydrogens (tertiary/aromatic N) is 3. The van der Waals surface area contributed by atoms with E-state index in [0.717, 1.165) is 29.7 Å². The number of rotatable bonds is 13. The van der Waals surface area contributed by atoms with Gasteiger partial charge < -0.3 is 24.1 Å². The number of unbranched alkanes of at least 4 members (excludes halogenated alkanes) is 1. The molecule has 0 unspecified atom stereocenters. The number of carbonyl (C=O) groups is 2. The predicted molar refractivity (Wildman–Crippen MR) is 179 cm³/mol. The highest BCUT2D eigenvalue weighted by Crippen LogP contribution is 2.48. The second-order valence-corrected chi connectivity index (χ2v) is 12.7. The van der Waals surface area contributed by atoms with E-state index in [1.54, 1.807) is 36.4 Å². The minimum Gasteiger partial charge on any atom is -0.507 e. The molecule has 3 aromatic carbocycles. The summed E-state index contributed by atoms with van der Waals surface area (Å²) in [7, 11) is 4.42. The van der Waals surface area contributed by atoms with E-state index in [1.165, 1.54) is 38.0 Å². The predicted octanol–water partition coefficient (Wildman–Crippen LogP) is 7.31. The monoisotopic (exact) mass is 681 g/mol. The first-order valence-electron chi connectivity index (χ1n) is 14.3. The highest BCUT2D eigenvalue weighted by Gasteiger charge is 2.49. The number of aliphatic hydroxyl groups is 1. The van der Waals surface area contributed by atoms with Crippen molar-refractivity contribution in [3.8, 4) is 23.0 Å². The smallest absolute Gasteiger partial charge is 0.301 e. The third-order valence-corrected chi connectivity index (χ3v) is 9.60. The van der Waals surface area contributed by atoms with Crippen LogP contribution < -0.4 is 23.8 Å². The number of amides is 1. The van der Waals surface area contributed by atoms with Gasteiger partial charge in [-0.3, -0.25) is 14.5 Å². The van der Waals surface area contributed by atoms with Crippen molar-refractivity contribution in [1.29, 1.82) is 0 Å². The van der Waals surface area contributed by atoms with Gasteiger partial charge in [0.1, 0.15) is 11.5 Å². The van der Waals surface area contributed by atoms with Gasteiger partial charge >= 0.3 is 5.91 Å². The van der Waals surface area contributed by atoms with E-state index in [9.17, 15) is 14.7 Å². The van der Waals surface area contributed by atoms with Crippen LogP contribution in [0.2, 0.25) is 5.02 Å². The normalized spacial score (nSPS) is 15.7. The number of ketones is 1. The van der Waals surface area contributed by atoms with Crippen molar-refractivity contribution in [2.75, 3.05) is 32.8 Å². The van der Waals surface area contributed by atoms with Crippen LogP contribution in [0.15, 0.2) is 70.6 Å². The fraction of sp³-hybridized carbons (Fsp3) is 0.273. The van der Waals surface area contributed by atoms with Crippen molar-refractivity contribution in [2.45, 2.75) is 35.9 Å². The lowest BCUT2D eigenvalue weighted by Crippen LogP contribution is -2.29. The zero-order valence-corrected chi connectivity index (χ0v) is 28.0. The van der Waals surface area contributed by atoms with Crippen LogP contribution in [0, 0.1) is 0 Å². The number of halogens is 1. The second-order valence-electron chi connectivity index (χ2n) is 10.1. The average Bonchev–Trinajstić information content (AvgIpc) is 3.65. The van der Waals surface area contributed by atoms with E-state index in [0.29, 0.717) is 55.8 Å². The van der Waals surface area contributed by atoms with Crippen molar-refractivity contribution in [1.82, 2.24) is 10.2 Å². The summed E-state index contributed by atoms with van der Waals surface area (Å²) in [5.74, 6) is 0.112. The van der Waals surface area contributed by atoms with E-state index in [4.69, 9.17) is 30.5 Å². The van der Waals surface area contributed by atoms with Gasteiger partial charge in [-0.1, -0.05) is 60.2 Å². The van der Waals surface area contributed by atoms with Gasteiger partial charge in [-0.05, 0) is 66.1 Å². The van der Waals surface area contributed by atoms with Crippen molar-refractivity contribution in [3.63, 3.8) is 0 Å². The number of hydrogen-bond acceptors (Lipinski definition) is 11. The quantitative estimate of drug-likeness (QED) is 0.0384. The number of carbonyl (C=O) groups excluding carboxylic acids is 2. The minimum atomic E-state index is -1.09. The summed E-state index contributed by atoms with van der Waals surface area (Å²) >= 11 is 8.61. The molecule has 1 aliphatic heterocycles. The fourth-order valence-electron chi connectivity index (χ4n) is 4.89. The Morgan fingerprint density at radius 2 is 1.65 bits per heavy atom. The molecule has 13 heteroatoms. The number of Topliss-reactive ketones (excluding diaryl/α,β-unsaturated/α-hetero) is 1. The molecule has 1 saturated heterocycles. The number of methoxy groups -OCH3 is 3. The number of benzene rings is 3. The Kier molecular flexibility index (Phi) is 10.7.